The molecule has 0 spiro atoms. The standard InChI is InChI=1S/C24H24F3N3O2/c1-16-11-13-30(14-12-16)21-10-9-17-5-4-8-20(23(17)29-21)32-15-22(31)28-19-7-3-2-6-18(19)24(25,26)27/h2-10,16H,11-15H2,1H3,(H,28,31). The van der Waals surface area contributed by atoms with Crippen molar-refractivity contribution < 1.29 is 22.7 Å². The molecule has 1 saturated heterocycles. The molecule has 32 heavy (non-hydrogen) atoms. The third-order valence-electron chi connectivity index (χ3n) is 5.64. The highest BCUT2D eigenvalue weighted by Crippen LogP contribution is 2.34. The third-order valence-corrected chi connectivity index (χ3v) is 5.64. The maximum Gasteiger partial charge on any atom is 0.418 e. The molecule has 1 amide bonds. The Bertz CT molecular complexity index is 1110. The van der Waals surface area contributed by atoms with E-state index in [0.29, 0.717) is 17.2 Å². The molecule has 0 unspecified atom stereocenters. The lowest BCUT2D eigenvalue weighted by atomic mass is 9.99. The van der Waals surface area contributed by atoms with E-state index >= 15 is 0 Å². The normalized spacial score (nSPS) is 15.1. The maximum atomic E-state index is 13.1. The molecule has 0 bridgehead atoms. The molecule has 5 nitrogen and oxygen atoms in total. The number of alkyl halides is 3. The Morgan fingerprint density at radius 3 is 2.59 bits per heavy atom. The van der Waals surface area contributed by atoms with Crippen LogP contribution in [0.5, 0.6) is 5.75 Å². The van der Waals surface area contributed by atoms with Crippen molar-refractivity contribution in [3.8, 4) is 5.75 Å². The zero-order valence-corrected chi connectivity index (χ0v) is 17.7. The number of ether oxygens (including phenoxy) is 1. The minimum atomic E-state index is -4.56. The molecule has 8 heteroatoms. The van der Waals surface area contributed by atoms with Gasteiger partial charge in [-0.05, 0) is 49.1 Å². The number of nitrogens with one attached hydrogen (secondary N) is 1. The molecular weight excluding hydrogens is 419 g/mol. The summed E-state index contributed by atoms with van der Waals surface area (Å²) in [5.41, 5.74) is -0.584. The quantitative estimate of drug-likeness (QED) is 0.565. The number of aromatic nitrogens is 1. The Morgan fingerprint density at radius 2 is 1.84 bits per heavy atom. The van der Waals surface area contributed by atoms with Crippen LogP contribution in [0.25, 0.3) is 10.9 Å². The number of carbonyl (C=O) groups excluding carboxylic acids is 1. The number of para-hydroxylation sites is 2. The lowest BCUT2D eigenvalue weighted by Gasteiger charge is -2.31. The number of hydrogen-bond donors (Lipinski definition) is 1. The fourth-order valence-electron chi connectivity index (χ4n) is 3.81. The number of pyridine rings is 1. The number of piperidine rings is 1. The van der Waals surface area contributed by atoms with E-state index in [9.17, 15) is 18.0 Å². The predicted molar refractivity (Wildman–Crippen MR) is 118 cm³/mol. The van der Waals surface area contributed by atoms with Crippen LogP contribution in [0.2, 0.25) is 0 Å². The zero-order chi connectivity index (χ0) is 22.7. The van der Waals surface area contributed by atoms with E-state index in [1.165, 1.54) is 18.2 Å². The Kier molecular flexibility index (Phi) is 6.21. The maximum absolute atomic E-state index is 13.1. The molecule has 0 saturated carbocycles. The van der Waals surface area contributed by atoms with Crippen molar-refractivity contribution in [2.75, 3.05) is 29.9 Å². The third kappa shape index (κ3) is 4.95. The van der Waals surface area contributed by atoms with Crippen molar-refractivity contribution in [2.45, 2.75) is 25.9 Å². The second-order valence-corrected chi connectivity index (χ2v) is 8.05. The summed E-state index contributed by atoms with van der Waals surface area (Å²) in [4.78, 5) is 19.3. The van der Waals surface area contributed by atoms with Gasteiger partial charge in [-0.15, -0.1) is 0 Å². The number of fused-ring (bicyclic) bond motifs is 1. The van der Waals surface area contributed by atoms with Crippen molar-refractivity contribution in [1.29, 1.82) is 0 Å². The summed E-state index contributed by atoms with van der Waals surface area (Å²) >= 11 is 0. The molecule has 1 aliphatic heterocycles. The Morgan fingerprint density at radius 1 is 1.09 bits per heavy atom. The molecular formula is C24H24F3N3O2. The van der Waals surface area contributed by atoms with Crippen molar-refractivity contribution in [2.24, 2.45) is 5.92 Å². The summed E-state index contributed by atoms with van der Waals surface area (Å²) in [7, 11) is 0. The summed E-state index contributed by atoms with van der Waals surface area (Å²) in [5.74, 6) is 1.28. The number of rotatable bonds is 5. The van der Waals surface area contributed by atoms with Crippen LogP contribution in [0.15, 0.2) is 54.6 Å². The molecule has 0 atom stereocenters. The van der Waals surface area contributed by atoms with Crippen molar-refractivity contribution in [1.82, 2.24) is 4.98 Å². The largest absolute Gasteiger partial charge is 0.481 e. The molecule has 1 aromatic heterocycles. The van der Waals surface area contributed by atoms with Crippen LogP contribution in [0.4, 0.5) is 24.7 Å². The van der Waals surface area contributed by atoms with Crippen LogP contribution in [0, 0.1) is 5.92 Å². The van der Waals surface area contributed by atoms with Gasteiger partial charge in [-0.1, -0.05) is 31.2 Å². The van der Waals surface area contributed by atoms with Gasteiger partial charge in [0.1, 0.15) is 17.1 Å². The van der Waals surface area contributed by atoms with E-state index in [1.807, 2.05) is 18.2 Å². The van der Waals surface area contributed by atoms with Gasteiger partial charge in [0.25, 0.3) is 5.91 Å². The van der Waals surface area contributed by atoms with Crippen molar-refractivity contribution >= 4 is 28.3 Å². The summed E-state index contributed by atoms with van der Waals surface area (Å²) in [6, 6.07) is 14.2. The van der Waals surface area contributed by atoms with E-state index in [-0.39, 0.29) is 5.69 Å². The molecule has 4 rings (SSSR count). The van der Waals surface area contributed by atoms with Gasteiger partial charge in [0.2, 0.25) is 0 Å². The lowest BCUT2D eigenvalue weighted by Crippen LogP contribution is -2.33. The van der Waals surface area contributed by atoms with Gasteiger partial charge in [0.15, 0.2) is 6.61 Å². The topological polar surface area (TPSA) is 54.5 Å². The van der Waals surface area contributed by atoms with Crippen LogP contribution in [-0.4, -0.2) is 30.6 Å². The molecule has 1 N–H and O–H groups in total. The number of hydrogen-bond acceptors (Lipinski definition) is 4. The summed E-state index contributed by atoms with van der Waals surface area (Å²) in [6.45, 7) is 3.68. The fraction of sp³-hybridized carbons (Fsp3) is 0.333. The van der Waals surface area contributed by atoms with E-state index in [4.69, 9.17) is 9.72 Å². The minimum Gasteiger partial charge on any atom is -0.481 e. The molecule has 1 aliphatic rings. The monoisotopic (exact) mass is 443 g/mol. The van der Waals surface area contributed by atoms with E-state index in [0.717, 1.165) is 43.2 Å². The summed E-state index contributed by atoms with van der Waals surface area (Å²) in [6.07, 6.45) is -2.35. The fourth-order valence-corrected chi connectivity index (χ4v) is 3.81. The molecule has 0 aliphatic carbocycles. The highest BCUT2D eigenvalue weighted by atomic mass is 19.4. The van der Waals surface area contributed by atoms with Gasteiger partial charge < -0.3 is 15.0 Å². The molecule has 0 radical (unpaired) electrons. The SMILES string of the molecule is CC1CCN(c2ccc3cccc(OCC(=O)Nc4ccccc4C(F)(F)F)c3n2)CC1. The number of amides is 1. The molecule has 2 heterocycles. The highest BCUT2D eigenvalue weighted by Gasteiger charge is 2.33. The smallest absolute Gasteiger partial charge is 0.418 e. The number of halogens is 3. The van der Waals surface area contributed by atoms with E-state index < -0.39 is 24.3 Å². The van der Waals surface area contributed by atoms with Gasteiger partial charge >= 0.3 is 6.18 Å². The first-order chi connectivity index (χ1) is 15.3. The van der Waals surface area contributed by atoms with E-state index in [1.54, 1.807) is 12.1 Å². The first-order valence-electron chi connectivity index (χ1n) is 10.5. The number of carbonyl (C=O) groups is 1. The van der Waals surface area contributed by atoms with Crippen LogP contribution < -0.4 is 15.0 Å². The number of nitrogens with zero attached hydrogens (tertiary/aromatic N) is 2. The Balaban J connectivity index is 1.49. The van der Waals surface area contributed by atoms with Crippen molar-refractivity contribution in [3.63, 3.8) is 0 Å². The van der Waals surface area contributed by atoms with Gasteiger partial charge in [-0.3, -0.25) is 4.79 Å². The first-order valence-corrected chi connectivity index (χ1v) is 10.5. The van der Waals surface area contributed by atoms with Gasteiger partial charge in [-0.2, -0.15) is 13.2 Å². The van der Waals surface area contributed by atoms with E-state index in [2.05, 4.69) is 17.1 Å². The van der Waals surface area contributed by atoms with Gasteiger partial charge in [0.05, 0.1) is 11.3 Å². The average Bonchev–Trinajstić information content (AvgIpc) is 2.77. The van der Waals surface area contributed by atoms with Crippen molar-refractivity contribution in [3.05, 3.63) is 60.2 Å². The minimum absolute atomic E-state index is 0.300. The zero-order valence-electron chi connectivity index (χ0n) is 17.7. The first kappa shape index (κ1) is 21.9. The van der Waals surface area contributed by atoms with Crippen LogP contribution >= 0.6 is 0 Å². The summed E-state index contributed by atoms with van der Waals surface area (Å²) < 4.78 is 45.1. The summed E-state index contributed by atoms with van der Waals surface area (Å²) in [5, 5.41) is 3.15. The molecule has 168 valence electrons. The van der Waals surface area contributed by atoms with Crippen LogP contribution in [-0.2, 0) is 11.0 Å². The highest BCUT2D eigenvalue weighted by molar-refractivity contribution is 5.93. The molecule has 1 fully saturated rings. The second-order valence-electron chi connectivity index (χ2n) is 8.05. The lowest BCUT2D eigenvalue weighted by molar-refractivity contribution is -0.137. The second kappa shape index (κ2) is 9.06. The Labute approximate surface area is 184 Å². The molecule has 2 aromatic carbocycles. The predicted octanol–water partition coefficient (Wildman–Crippen LogP) is 5.51. The van der Waals surface area contributed by atoms with Crippen LogP contribution in [0.3, 0.4) is 0 Å². The Hall–Kier alpha value is -3.29. The van der Waals surface area contributed by atoms with Gasteiger partial charge in [0, 0.05) is 18.5 Å². The number of benzene rings is 2. The van der Waals surface area contributed by atoms with Crippen LogP contribution in [0.1, 0.15) is 25.3 Å². The number of anilines is 2. The average molecular weight is 443 g/mol. The molecule has 3 aromatic rings. The van der Waals surface area contributed by atoms with Gasteiger partial charge in [-0.25, -0.2) is 4.98 Å².